The van der Waals surface area contributed by atoms with Crippen LogP contribution in [0, 0.1) is 0 Å². The number of carbonyl (C=O) groups is 2. The molecular weight excluding hydrogens is 334 g/mol. The van der Waals surface area contributed by atoms with Gasteiger partial charge in [-0.15, -0.1) is 23.5 Å². The van der Waals surface area contributed by atoms with Gasteiger partial charge in [-0.2, -0.15) is 0 Å². The van der Waals surface area contributed by atoms with Gasteiger partial charge in [-0.05, 0) is 34.7 Å². The van der Waals surface area contributed by atoms with Gasteiger partial charge in [-0.1, -0.05) is 0 Å². The molecule has 0 radical (unpaired) electrons. The first-order valence-electron chi connectivity index (χ1n) is 7.62. The van der Waals surface area contributed by atoms with Crippen LogP contribution in [-0.2, 0) is 14.3 Å². The van der Waals surface area contributed by atoms with Crippen molar-refractivity contribution in [2.24, 2.45) is 0 Å². The fourth-order valence-electron chi connectivity index (χ4n) is 2.09. The van der Waals surface area contributed by atoms with Crippen molar-refractivity contribution in [3.63, 3.8) is 0 Å². The third kappa shape index (κ3) is 5.55. The summed E-state index contributed by atoms with van der Waals surface area (Å²) in [6, 6.07) is -0.795. The van der Waals surface area contributed by atoms with E-state index in [1.54, 1.807) is 25.9 Å². The highest BCUT2D eigenvalue weighted by Gasteiger charge is 2.41. The third-order valence-corrected chi connectivity index (χ3v) is 7.02. The Balaban J connectivity index is 2.70. The van der Waals surface area contributed by atoms with E-state index in [0.717, 1.165) is 5.75 Å². The van der Waals surface area contributed by atoms with Crippen molar-refractivity contribution in [1.29, 1.82) is 0 Å². The molecule has 2 atom stereocenters. The summed E-state index contributed by atoms with van der Waals surface area (Å²) in [5.74, 6) is 0.895. The summed E-state index contributed by atoms with van der Waals surface area (Å²) in [5, 5.41) is 5.51. The van der Waals surface area contributed by atoms with Gasteiger partial charge in [0.1, 0.15) is 11.0 Å². The molecule has 1 rings (SSSR count). The molecule has 0 bridgehead atoms. The molecule has 6 nitrogen and oxygen atoms in total. The van der Waals surface area contributed by atoms with Crippen LogP contribution in [0.25, 0.3) is 0 Å². The Kier molecular flexibility index (Phi) is 7.25. The zero-order valence-corrected chi connectivity index (χ0v) is 16.7. The highest BCUT2D eigenvalue weighted by molar-refractivity contribution is 8.01. The first-order valence-corrected chi connectivity index (χ1v) is 9.59. The predicted molar refractivity (Wildman–Crippen MR) is 97.6 cm³/mol. The molecule has 0 aliphatic carbocycles. The second-order valence-corrected chi connectivity index (χ2v) is 9.70. The largest absolute Gasteiger partial charge is 0.368 e. The molecule has 1 fully saturated rings. The van der Waals surface area contributed by atoms with Crippen molar-refractivity contribution < 1.29 is 14.3 Å². The lowest BCUT2D eigenvalue weighted by Gasteiger charge is -2.31. The summed E-state index contributed by atoms with van der Waals surface area (Å²) in [6.45, 7) is 8.06. The number of methoxy groups -OCH3 is 1. The minimum absolute atomic E-state index is 0.0721. The first kappa shape index (κ1) is 20.6. The van der Waals surface area contributed by atoms with Crippen LogP contribution in [0.3, 0.4) is 0 Å². The average molecular weight is 364 g/mol. The topological polar surface area (TPSA) is 70.7 Å². The molecule has 134 valence electrons. The van der Waals surface area contributed by atoms with Crippen molar-refractivity contribution in [3.05, 3.63) is 0 Å². The summed E-state index contributed by atoms with van der Waals surface area (Å²) < 4.78 is 5.36. The van der Waals surface area contributed by atoms with Crippen LogP contribution in [0.15, 0.2) is 0 Å². The highest BCUT2D eigenvalue weighted by Crippen LogP contribution is 2.37. The Bertz CT molecular complexity index is 444. The number of ether oxygens (including phenoxy) is 1. The van der Waals surface area contributed by atoms with Gasteiger partial charge in [0, 0.05) is 25.7 Å². The molecule has 23 heavy (non-hydrogen) atoms. The monoisotopic (exact) mass is 363 g/mol. The summed E-state index contributed by atoms with van der Waals surface area (Å²) in [7, 11) is 5.16. The van der Waals surface area contributed by atoms with Crippen molar-refractivity contribution >= 4 is 35.3 Å². The fraction of sp³-hybridized carbons (Fsp3) is 0.867. The lowest BCUT2D eigenvalue weighted by molar-refractivity contribution is -0.130. The second-order valence-electron chi connectivity index (χ2n) is 6.47. The second kappa shape index (κ2) is 8.09. The smallest absolute Gasteiger partial charge is 0.243 e. The quantitative estimate of drug-likeness (QED) is 0.661. The standard InChI is InChI=1S/C15H29N3O3S2/c1-14(2)18(6)11(9-22-14)13(20)17-10(12(19)16-5)8-23-15(3,4)21-7/h10-11H,8-9H2,1-7H3,(H,16,19)(H,17,20)/t10-,11-/m0/s1. The van der Waals surface area contributed by atoms with Crippen molar-refractivity contribution in [2.75, 3.05) is 32.7 Å². The molecule has 0 saturated carbocycles. The molecule has 1 aliphatic rings. The maximum Gasteiger partial charge on any atom is 0.243 e. The van der Waals surface area contributed by atoms with Crippen molar-refractivity contribution in [3.8, 4) is 0 Å². The van der Waals surface area contributed by atoms with Crippen LogP contribution >= 0.6 is 23.5 Å². The van der Waals surface area contributed by atoms with Crippen LogP contribution in [0.1, 0.15) is 27.7 Å². The average Bonchev–Trinajstić information content (AvgIpc) is 2.76. The molecule has 1 aliphatic heterocycles. The van der Waals surface area contributed by atoms with Gasteiger partial charge in [0.15, 0.2) is 0 Å². The van der Waals surface area contributed by atoms with Gasteiger partial charge < -0.3 is 15.4 Å². The van der Waals surface area contributed by atoms with Gasteiger partial charge in [0.25, 0.3) is 0 Å². The summed E-state index contributed by atoms with van der Waals surface area (Å²) in [4.78, 5) is 26.2. The van der Waals surface area contributed by atoms with Crippen molar-refractivity contribution in [2.45, 2.75) is 49.6 Å². The highest BCUT2D eigenvalue weighted by atomic mass is 32.2. The lowest BCUT2D eigenvalue weighted by Crippen LogP contribution is -2.54. The number of amides is 2. The Morgan fingerprint density at radius 1 is 1.48 bits per heavy atom. The van der Waals surface area contributed by atoms with E-state index in [1.165, 1.54) is 11.8 Å². The zero-order valence-electron chi connectivity index (χ0n) is 15.1. The molecule has 1 saturated heterocycles. The number of rotatable bonds is 7. The molecule has 2 amide bonds. The number of nitrogens with one attached hydrogen (secondary N) is 2. The van der Waals surface area contributed by atoms with Gasteiger partial charge >= 0.3 is 0 Å². The molecular formula is C15H29N3O3S2. The van der Waals surface area contributed by atoms with E-state index < -0.39 is 11.0 Å². The van der Waals surface area contributed by atoms with E-state index in [2.05, 4.69) is 29.4 Å². The van der Waals surface area contributed by atoms with Crippen LogP contribution in [0.2, 0.25) is 0 Å². The number of hydrogen-bond donors (Lipinski definition) is 2. The predicted octanol–water partition coefficient (Wildman–Crippen LogP) is 1.12. The molecule has 0 aromatic heterocycles. The number of thioether (sulfide) groups is 2. The summed E-state index contributed by atoms with van der Waals surface area (Å²) in [5.41, 5.74) is 0. The maximum absolute atomic E-state index is 12.6. The fourth-order valence-corrected chi connectivity index (χ4v) is 4.28. The summed E-state index contributed by atoms with van der Waals surface area (Å²) in [6.07, 6.45) is 0. The minimum Gasteiger partial charge on any atom is -0.368 e. The van der Waals surface area contributed by atoms with Crippen LogP contribution in [-0.4, -0.2) is 71.3 Å². The Labute approximate surface area is 147 Å². The van der Waals surface area contributed by atoms with E-state index in [4.69, 9.17) is 4.74 Å². The molecule has 0 spiro atoms. The number of hydrogen-bond acceptors (Lipinski definition) is 6. The van der Waals surface area contributed by atoms with E-state index >= 15 is 0 Å². The Morgan fingerprint density at radius 2 is 2.09 bits per heavy atom. The van der Waals surface area contributed by atoms with Gasteiger partial charge in [-0.25, -0.2) is 0 Å². The van der Waals surface area contributed by atoms with E-state index in [9.17, 15) is 9.59 Å². The van der Waals surface area contributed by atoms with Crippen LogP contribution < -0.4 is 10.6 Å². The van der Waals surface area contributed by atoms with E-state index in [1.807, 2.05) is 20.9 Å². The minimum atomic E-state index is -0.575. The Morgan fingerprint density at radius 3 is 2.52 bits per heavy atom. The first-order chi connectivity index (χ1) is 10.5. The van der Waals surface area contributed by atoms with Gasteiger partial charge in [0.05, 0.1) is 10.9 Å². The van der Waals surface area contributed by atoms with Crippen LogP contribution in [0.5, 0.6) is 0 Å². The molecule has 0 aromatic rings. The lowest BCUT2D eigenvalue weighted by atomic mass is 10.2. The number of carbonyl (C=O) groups excluding carboxylic acids is 2. The van der Waals surface area contributed by atoms with Gasteiger partial charge in [0.2, 0.25) is 11.8 Å². The van der Waals surface area contributed by atoms with Crippen LogP contribution in [0.4, 0.5) is 0 Å². The zero-order chi connectivity index (χ0) is 17.8. The van der Waals surface area contributed by atoms with E-state index in [-0.39, 0.29) is 22.7 Å². The molecule has 8 heteroatoms. The molecule has 0 unspecified atom stereocenters. The molecule has 1 heterocycles. The number of likely N-dealkylation sites (N-methyl/N-ethyl adjacent to an activating group) is 2. The molecule has 0 aromatic carbocycles. The third-order valence-electron chi connectivity index (χ3n) is 4.18. The maximum atomic E-state index is 12.6. The molecule has 2 N–H and O–H groups in total. The summed E-state index contributed by atoms with van der Waals surface area (Å²) >= 11 is 3.24. The normalized spacial score (nSPS) is 22.7. The Hall–Kier alpha value is -0.440. The van der Waals surface area contributed by atoms with Gasteiger partial charge in [-0.3, -0.25) is 14.5 Å². The van der Waals surface area contributed by atoms with E-state index in [0.29, 0.717) is 5.75 Å². The number of nitrogens with zero attached hydrogens (tertiary/aromatic N) is 1. The van der Waals surface area contributed by atoms with Crippen molar-refractivity contribution in [1.82, 2.24) is 15.5 Å². The SMILES string of the molecule is CNC(=O)[C@H](CSC(C)(C)OC)NC(=O)[C@@H]1CSC(C)(C)N1C.